The Morgan fingerprint density at radius 1 is 1.12 bits per heavy atom. The lowest BCUT2D eigenvalue weighted by molar-refractivity contribution is 0.326. The van der Waals surface area contributed by atoms with Gasteiger partial charge in [-0.3, -0.25) is 0 Å². The second kappa shape index (κ2) is 6.20. The number of nitrogens with one attached hydrogen (secondary N) is 1. The summed E-state index contributed by atoms with van der Waals surface area (Å²) in [6.45, 7) is 13.5. The van der Waals surface area contributed by atoms with Gasteiger partial charge in [0.15, 0.2) is 0 Å². The molecule has 1 N–H and O–H groups in total. The Hall–Kier alpha value is -0.820. The summed E-state index contributed by atoms with van der Waals surface area (Å²) >= 11 is 0. The predicted molar refractivity (Wildman–Crippen MR) is 76.6 cm³/mol. The van der Waals surface area contributed by atoms with Gasteiger partial charge in [-0.05, 0) is 61.9 Å². The van der Waals surface area contributed by atoms with Gasteiger partial charge in [-0.1, -0.05) is 39.0 Å². The summed E-state index contributed by atoms with van der Waals surface area (Å²) in [4.78, 5) is 0. The molecule has 1 heteroatoms. The van der Waals surface area contributed by atoms with Crippen molar-refractivity contribution in [1.82, 2.24) is 5.32 Å². The maximum absolute atomic E-state index is 3.42. The average molecular weight is 233 g/mol. The molecule has 0 aliphatic rings. The summed E-state index contributed by atoms with van der Waals surface area (Å²) in [6, 6.07) is 6.60. The molecule has 1 aromatic rings. The van der Waals surface area contributed by atoms with Crippen LogP contribution in [0.3, 0.4) is 0 Å². The first-order valence-corrected chi connectivity index (χ1v) is 6.72. The first-order valence-electron chi connectivity index (χ1n) is 6.72. The van der Waals surface area contributed by atoms with E-state index in [1.165, 1.54) is 29.5 Å². The Balaban J connectivity index is 2.69. The standard InChI is InChI=1S/C16H27N/c1-6-17-11-10-16(4,5)12-15-13(2)8-7-9-14(15)3/h7-9,17H,6,10-12H2,1-5H3. The van der Waals surface area contributed by atoms with Crippen LogP contribution in [-0.4, -0.2) is 13.1 Å². The highest BCUT2D eigenvalue weighted by Crippen LogP contribution is 2.28. The molecule has 0 heterocycles. The number of rotatable bonds is 6. The van der Waals surface area contributed by atoms with Crippen LogP contribution in [0.2, 0.25) is 0 Å². The number of hydrogen-bond acceptors (Lipinski definition) is 1. The van der Waals surface area contributed by atoms with Crippen LogP contribution in [0.1, 0.15) is 43.9 Å². The Morgan fingerprint density at radius 2 is 1.71 bits per heavy atom. The minimum absolute atomic E-state index is 0.374. The highest BCUT2D eigenvalue weighted by molar-refractivity contribution is 5.34. The lowest BCUT2D eigenvalue weighted by Gasteiger charge is -2.26. The molecular weight excluding hydrogens is 206 g/mol. The van der Waals surface area contributed by atoms with Gasteiger partial charge in [0, 0.05) is 0 Å². The molecule has 0 bridgehead atoms. The van der Waals surface area contributed by atoms with Gasteiger partial charge >= 0.3 is 0 Å². The van der Waals surface area contributed by atoms with Crippen molar-refractivity contribution in [2.75, 3.05) is 13.1 Å². The quantitative estimate of drug-likeness (QED) is 0.735. The third-order valence-electron chi connectivity index (χ3n) is 3.53. The molecule has 0 unspecified atom stereocenters. The van der Waals surface area contributed by atoms with Crippen molar-refractivity contribution in [3.05, 3.63) is 34.9 Å². The third kappa shape index (κ3) is 4.51. The molecular formula is C16H27N. The minimum atomic E-state index is 0.374. The topological polar surface area (TPSA) is 12.0 Å². The zero-order valence-corrected chi connectivity index (χ0v) is 12.1. The summed E-state index contributed by atoms with van der Waals surface area (Å²) in [6.07, 6.45) is 2.41. The second-order valence-electron chi connectivity index (χ2n) is 5.81. The molecule has 1 nitrogen and oxygen atoms in total. The van der Waals surface area contributed by atoms with Gasteiger partial charge in [0.1, 0.15) is 0 Å². The molecule has 1 aromatic carbocycles. The van der Waals surface area contributed by atoms with E-state index < -0.39 is 0 Å². The van der Waals surface area contributed by atoms with Crippen molar-refractivity contribution in [3.63, 3.8) is 0 Å². The van der Waals surface area contributed by atoms with Crippen LogP contribution < -0.4 is 5.32 Å². The lowest BCUT2D eigenvalue weighted by atomic mass is 9.80. The average Bonchev–Trinajstić information content (AvgIpc) is 2.24. The van der Waals surface area contributed by atoms with Crippen LogP contribution in [0.4, 0.5) is 0 Å². The van der Waals surface area contributed by atoms with E-state index in [0.717, 1.165) is 13.1 Å². The van der Waals surface area contributed by atoms with Crippen LogP contribution in [-0.2, 0) is 6.42 Å². The molecule has 0 saturated heterocycles. The summed E-state index contributed by atoms with van der Waals surface area (Å²) < 4.78 is 0. The third-order valence-corrected chi connectivity index (χ3v) is 3.53. The van der Waals surface area contributed by atoms with E-state index in [1.54, 1.807) is 0 Å². The number of aryl methyl sites for hydroxylation is 2. The highest BCUT2D eigenvalue weighted by atomic mass is 14.8. The van der Waals surface area contributed by atoms with Crippen molar-refractivity contribution in [3.8, 4) is 0 Å². The van der Waals surface area contributed by atoms with Gasteiger partial charge in [-0.2, -0.15) is 0 Å². The van der Waals surface area contributed by atoms with Crippen LogP contribution in [0.25, 0.3) is 0 Å². The molecule has 96 valence electrons. The predicted octanol–water partition coefficient (Wildman–Crippen LogP) is 3.87. The molecule has 0 saturated carbocycles. The Morgan fingerprint density at radius 3 is 2.24 bits per heavy atom. The zero-order valence-electron chi connectivity index (χ0n) is 12.1. The van der Waals surface area contributed by atoms with E-state index in [0.29, 0.717) is 5.41 Å². The van der Waals surface area contributed by atoms with Crippen LogP contribution in [0, 0.1) is 19.3 Å². The van der Waals surface area contributed by atoms with E-state index >= 15 is 0 Å². The Labute approximate surface area is 107 Å². The van der Waals surface area contributed by atoms with Gasteiger partial charge in [-0.25, -0.2) is 0 Å². The molecule has 0 amide bonds. The summed E-state index contributed by atoms with van der Waals surface area (Å²) in [7, 11) is 0. The van der Waals surface area contributed by atoms with E-state index in [-0.39, 0.29) is 0 Å². The summed E-state index contributed by atoms with van der Waals surface area (Å²) in [5.41, 5.74) is 4.77. The number of hydrogen-bond donors (Lipinski definition) is 1. The molecule has 0 fully saturated rings. The largest absolute Gasteiger partial charge is 0.317 e. The van der Waals surface area contributed by atoms with Crippen LogP contribution in [0.5, 0.6) is 0 Å². The molecule has 0 spiro atoms. The maximum atomic E-state index is 3.42. The fourth-order valence-corrected chi connectivity index (χ4v) is 2.30. The maximum Gasteiger partial charge on any atom is -0.00438 e. The van der Waals surface area contributed by atoms with Crippen molar-refractivity contribution in [2.24, 2.45) is 5.41 Å². The Bertz CT molecular complexity index is 332. The van der Waals surface area contributed by atoms with E-state index in [1.807, 2.05) is 0 Å². The fraction of sp³-hybridized carbons (Fsp3) is 0.625. The molecule has 0 radical (unpaired) electrons. The fourth-order valence-electron chi connectivity index (χ4n) is 2.30. The molecule has 0 aliphatic carbocycles. The normalized spacial score (nSPS) is 11.8. The monoisotopic (exact) mass is 233 g/mol. The molecule has 0 aromatic heterocycles. The van der Waals surface area contributed by atoms with Crippen molar-refractivity contribution >= 4 is 0 Å². The lowest BCUT2D eigenvalue weighted by Crippen LogP contribution is -2.24. The molecule has 0 atom stereocenters. The second-order valence-corrected chi connectivity index (χ2v) is 5.81. The molecule has 17 heavy (non-hydrogen) atoms. The summed E-state index contributed by atoms with van der Waals surface area (Å²) in [5, 5.41) is 3.42. The van der Waals surface area contributed by atoms with E-state index in [4.69, 9.17) is 0 Å². The minimum Gasteiger partial charge on any atom is -0.317 e. The van der Waals surface area contributed by atoms with Crippen LogP contribution in [0.15, 0.2) is 18.2 Å². The smallest absolute Gasteiger partial charge is 0.00438 e. The first-order chi connectivity index (χ1) is 7.96. The highest BCUT2D eigenvalue weighted by Gasteiger charge is 2.19. The van der Waals surface area contributed by atoms with Gasteiger partial charge in [0.25, 0.3) is 0 Å². The zero-order chi connectivity index (χ0) is 12.9. The first kappa shape index (κ1) is 14.2. The number of benzene rings is 1. The molecule has 0 aliphatic heterocycles. The van der Waals surface area contributed by atoms with Crippen molar-refractivity contribution in [2.45, 2.75) is 47.5 Å². The SMILES string of the molecule is CCNCCC(C)(C)Cc1c(C)cccc1C. The van der Waals surface area contributed by atoms with Gasteiger partial charge < -0.3 is 5.32 Å². The van der Waals surface area contributed by atoms with Crippen molar-refractivity contribution < 1.29 is 0 Å². The van der Waals surface area contributed by atoms with E-state index in [9.17, 15) is 0 Å². The summed E-state index contributed by atoms with van der Waals surface area (Å²) in [5.74, 6) is 0. The van der Waals surface area contributed by atoms with Gasteiger partial charge in [-0.15, -0.1) is 0 Å². The van der Waals surface area contributed by atoms with Gasteiger partial charge in [0.05, 0.1) is 0 Å². The van der Waals surface area contributed by atoms with Crippen molar-refractivity contribution in [1.29, 1.82) is 0 Å². The van der Waals surface area contributed by atoms with Gasteiger partial charge in [0.2, 0.25) is 0 Å². The Kier molecular flexibility index (Phi) is 5.20. The van der Waals surface area contributed by atoms with E-state index in [2.05, 4.69) is 58.1 Å². The molecule has 1 rings (SSSR count). The van der Waals surface area contributed by atoms with Crippen LogP contribution >= 0.6 is 0 Å².